The number of carbonyl (C=O) groups excluding carboxylic acids is 2. The zero-order chi connectivity index (χ0) is 52.2. The zero-order valence-electron chi connectivity index (χ0n) is 37.6. The van der Waals surface area contributed by atoms with Crippen molar-refractivity contribution in [2.45, 2.75) is 63.3 Å². The molecular weight excluding hydrogens is 1050 g/mol. The number of phenols is 2. The Labute approximate surface area is 412 Å². The van der Waals surface area contributed by atoms with Gasteiger partial charge < -0.3 is 30.3 Å². The van der Waals surface area contributed by atoms with E-state index in [9.17, 15) is 57.9 Å². The molecular formula is C46H45BrF6N6O10S2. The van der Waals surface area contributed by atoms with Crippen LogP contribution in [0, 0.1) is 13.8 Å². The molecule has 2 fully saturated rings. The van der Waals surface area contributed by atoms with Gasteiger partial charge in [0.15, 0.2) is 0 Å². The van der Waals surface area contributed by atoms with Crippen LogP contribution in [0.5, 0.6) is 23.0 Å². The molecule has 4 N–H and O–H groups in total. The maximum Gasteiger partial charge on any atom is 0.573 e. The summed E-state index contributed by atoms with van der Waals surface area (Å²) in [5, 5.41) is 25.9. The maximum absolute atomic E-state index is 12.8. The molecule has 2 amide bonds. The zero-order valence-corrected chi connectivity index (χ0v) is 40.8. The number of amidine groups is 2. The van der Waals surface area contributed by atoms with Crippen LogP contribution in [0.4, 0.5) is 26.3 Å². The Morgan fingerprint density at radius 1 is 0.662 bits per heavy atom. The van der Waals surface area contributed by atoms with Crippen LogP contribution < -0.4 is 20.1 Å². The summed E-state index contributed by atoms with van der Waals surface area (Å²) in [5.41, 5.74) is 0.169. The number of aliphatic imine (C=N–C) groups is 2. The van der Waals surface area contributed by atoms with Gasteiger partial charge in [-0.2, -0.15) is 8.61 Å². The molecule has 0 saturated carbocycles. The molecule has 8 rings (SSSR count). The van der Waals surface area contributed by atoms with Crippen molar-refractivity contribution >= 4 is 65.5 Å². The van der Waals surface area contributed by atoms with Crippen LogP contribution in [0.3, 0.4) is 0 Å². The van der Waals surface area contributed by atoms with E-state index in [2.05, 4.69) is 52.6 Å². The topological polar surface area (TPSA) is 217 Å². The highest BCUT2D eigenvalue weighted by Gasteiger charge is 2.49. The summed E-state index contributed by atoms with van der Waals surface area (Å²) in [6.07, 6.45) is -7.73. The molecule has 4 heterocycles. The highest BCUT2D eigenvalue weighted by atomic mass is 79.9. The average molecular weight is 1100 g/mol. The number of sulfonamides is 2. The first-order valence-corrected chi connectivity index (χ1v) is 25.0. The minimum absolute atomic E-state index is 0.0348. The fraction of sp³-hybridized carbons (Fsp3) is 0.304. The van der Waals surface area contributed by atoms with Gasteiger partial charge in [-0.05, 0) is 99.2 Å². The summed E-state index contributed by atoms with van der Waals surface area (Å²) >= 11 is 3.29. The SMILES string of the molecule is C=CS(=O)(=O)N1CCC2(CC1)N=C(c1cccc(OC(F)(F)F)c1)NC2=O.Cc1c(O)cccc1/C=C/S(=O)(=O)N1CCC2(CC1)N=C(c1cccc(OC(F)(F)F)c1)NC2=O.Cc1c(O)cccc1Br. The van der Waals surface area contributed by atoms with Crippen molar-refractivity contribution < 1.29 is 72.5 Å². The van der Waals surface area contributed by atoms with Crippen LogP contribution in [0.15, 0.2) is 117 Å². The second-order valence-corrected chi connectivity index (χ2v) is 20.8. The smallest absolute Gasteiger partial charge is 0.508 e. The molecule has 4 aliphatic heterocycles. The number of piperidine rings is 2. The van der Waals surface area contributed by atoms with Gasteiger partial charge >= 0.3 is 12.7 Å². The van der Waals surface area contributed by atoms with Gasteiger partial charge in [0.2, 0.25) is 20.0 Å². The van der Waals surface area contributed by atoms with E-state index in [1.165, 1.54) is 45.0 Å². The minimum atomic E-state index is -4.85. The van der Waals surface area contributed by atoms with E-state index in [-0.39, 0.29) is 80.4 Å². The summed E-state index contributed by atoms with van der Waals surface area (Å²) in [6, 6.07) is 20.4. The lowest BCUT2D eigenvalue weighted by Crippen LogP contribution is -2.50. The van der Waals surface area contributed by atoms with E-state index in [4.69, 9.17) is 5.11 Å². The molecule has 16 nitrogen and oxygen atoms in total. The second kappa shape index (κ2) is 21.2. The van der Waals surface area contributed by atoms with E-state index < -0.39 is 67.2 Å². The summed E-state index contributed by atoms with van der Waals surface area (Å²) < 4.78 is 135. The molecule has 0 aromatic heterocycles. The highest BCUT2D eigenvalue weighted by Crippen LogP contribution is 2.35. The van der Waals surface area contributed by atoms with Crippen molar-refractivity contribution in [1.29, 1.82) is 0 Å². The third kappa shape index (κ3) is 13.4. The molecule has 0 aliphatic carbocycles. The molecule has 4 aromatic carbocycles. The Morgan fingerprint density at radius 3 is 1.48 bits per heavy atom. The molecule has 2 saturated heterocycles. The van der Waals surface area contributed by atoms with Crippen molar-refractivity contribution in [3.8, 4) is 23.0 Å². The largest absolute Gasteiger partial charge is 0.573 e. The van der Waals surface area contributed by atoms with Crippen molar-refractivity contribution in [1.82, 2.24) is 19.2 Å². The molecule has 0 unspecified atom stereocenters. The molecule has 0 atom stereocenters. The van der Waals surface area contributed by atoms with Gasteiger partial charge in [-0.15, -0.1) is 26.3 Å². The van der Waals surface area contributed by atoms with Crippen molar-refractivity contribution in [3.63, 3.8) is 0 Å². The number of ether oxygens (including phenoxy) is 2. The third-order valence-electron chi connectivity index (χ3n) is 11.7. The van der Waals surface area contributed by atoms with Crippen LogP contribution in [0.2, 0.25) is 0 Å². The highest BCUT2D eigenvalue weighted by molar-refractivity contribution is 9.10. The third-order valence-corrected chi connectivity index (χ3v) is 15.6. The Bertz CT molecular complexity index is 2990. The van der Waals surface area contributed by atoms with E-state index in [0.717, 1.165) is 45.1 Å². The number of amides is 2. The van der Waals surface area contributed by atoms with E-state index in [1.54, 1.807) is 31.2 Å². The predicted octanol–water partition coefficient (Wildman–Crippen LogP) is 7.54. The Morgan fingerprint density at radius 2 is 1.07 bits per heavy atom. The van der Waals surface area contributed by atoms with Gasteiger partial charge in [-0.25, -0.2) is 16.8 Å². The number of nitrogens with zero attached hydrogens (tertiary/aromatic N) is 4. The minimum Gasteiger partial charge on any atom is -0.508 e. The number of phenolic OH excluding ortho intramolecular Hbond substituents is 2. The number of hydrogen-bond donors (Lipinski definition) is 4. The number of aromatic hydroxyl groups is 2. The number of benzene rings is 4. The normalized spacial score (nSPS) is 18.1. The molecule has 2 spiro atoms. The van der Waals surface area contributed by atoms with Gasteiger partial charge in [0.05, 0.1) is 0 Å². The predicted molar refractivity (Wildman–Crippen MR) is 253 cm³/mol. The lowest BCUT2D eigenvalue weighted by Gasteiger charge is -2.34. The molecule has 0 radical (unpaired) electrons. The monoisotopic (exact) mass is 1100 g/mol. The fourth-order valence-electron chi connectivity index (χ4n) is 7.65. The molecule has 380 valence electrons. The summed E-state index contributed by atoms with van der Waals surface area (Å²) in [5.74, 6) is -1.07. The standard InChI is InChI=1S/C23H22F3N3O5S.C16H16F3N3O4S.C7H7BrO/c1-15-16(4-3-7-19(15)30)8-13-35(32,33)29-11-9-22(10-12-29)21(31)27-20(28-22)17-5-2-6-18(14-17)34-23(24,25)26;1-2-27(24,25)22-8-6-15(7-9-22)14(23)20-13(21-15)11-4-3-5-12(10-11)26-16(17,18)19;1-5-6(8)3-2-4-7(5)9/h2-8,13-14,30H,9-12H2,1H3,(H,27,28,31);2-5,10H,1,6-9H2,(H,20,21,23);2-4,9H,1H3/b13-8+;;. The first kappa shape index (κ1) is 54.1. The second-order valence-electron chi connectivity index (χ2n) is 16.3. The van der Waals surface area contributed by atoms with E-state index in [1.807, 2.05) is 13.0 Å². The summed E-state index contributed by atoms with van der Waals surface area (Å²) in [7, 11) is -7.38. The number of carbonyl (C=O) groups is 2. The lowest BCUT2D eigenvalue weighted by atomic mass is 9.89. The van der Waals surface area contributed by atoms with Gasteiger partial charge in [0.25, 0.3) is 11.8 Å². The first-order valence-electron chi connectivity index (χ1n) is 21.2. The van der Waals surface area contributed by atoms with E-state index in [0.29, 0.717) is 16.9 Å². The van der Waals surface area contributed by atoms with Crippen molar-refractivity contribution in [2.24, 2.45) is 9.98 Å². The van der Waals surface area contributed by atoms with Gasteiger partial charge in [0, 0.05) is 58.2 Å². The molecule has 0 bridgehead atoms. The Hall–Kier alpha value is -6.28. The maximum atomic E-state index is 12.8. The molecule has 4 aliphatic rings. The van der Waals surface area contributed by atoms with Gasteiger partial charge in [-0.3, -0.25) is 19.6 Å². The Kier molecular flexibility index (Phi) is 16.1. The van der Waals surface area contributed by atoms with Gasteiger partial charge in [0.1, 0.15) is 45.7 Å². The van der Waals surface area contributed by atoms with Crippen molar-refractivity contribution in [2.75, 3.05) is 26.2 Å². The number of halogens is 7. The fourth-order valence-corrected chi connectivity index (χ4v) is 10.1. The quantitative estimate of drug-likeness (QED) is 0.121. The lowest BCUT2D eigenvalue weighted by molar-refractivity contribution is -0.275. The Balaban J connectivity index is 0.000000202. The van der Waals surface area contributed by atoms with Crippen LogP contribution in [0.1, 0.15) is 53.5 Å². The van der Waals surface area contributed by atoms with E-state index >= 15 is 0 Å². The van der Waals surface area contributed by atoms with Crippen LogP contribution in [-0.4, -0.2) is 109 Å². The number of alkyl halides is 6. The summed E-state index contributed by atoms with van der Waals surface area (Å²) in [4.78, 5) is 34.0. The number of hydrogen-bond acceptors (Lipinski definition) is 12. The van der Waals surface area contributed by atoms with Crippen molar-refractivity contribution in [3.05, 3.63) is 135 Å². The number of nitrogens with one attached hydrogen (secondary N) is 2. The molecule has 25 heteroatoms. The van der Waals surface area contributed by atoms with Crippen LogP contribution in [-0.2, 0) is 29.6 Å². The average Bonchev–Trinajstić information content (AvgIpc) is 3.79. The van der Waals surface area contributed by atoms with Gasteiger partial charge in [-0.1, -0.05) is 65.0 Å². The summed E-state index contributed by atoms with van der Waals surface area (Å²) in [6.45, 7) is 7.06. The first-order chi connectivity index (χ1) is 33.1. The molecule has 4 aromatic rings. The van der Waals surface area contributed by atoms with Crippen LogP contribution >= 0.6 is 15.9 Å². The van der Waals surface area contributed by atoms with Crippen LogP contribution in [0.25, 0.3) is 6.08 Å². The number of rotatable bonds is 9. The molecule has 71 heavy (non-hydrogen) atoms.